The van der Waals surface area contributed by atoms with Crippen LogP contribution in [-0.2, 0) is 11.8 Å². The van der Waals surface area contributed by atoms with Gasteiger partial charge in [-0.3, -0.25) is 0 Å². The zero-order valence-corrected chi connectivity index (χ0v) is 17.0. The summed E-state index contributed by atoms with van der Waals surface area (Å²) in [5.74, 6) is 0. The number of rotatable bonds is 5. The van der Waals surface area contributed by atoms with Crippen LogP contribution < -0.4 is 5.73 Å². The molecule has 0 spiro atoms. The Morgan fingerprint density at radius 1 is 1.00 bits per heavy atom. The first kappa shape index (κ1) is 19.0. The van der Waals surface area contributed by atoms with Gasteiger partial charge in [0.25, 0.3) is 0 Å². The number of hydrogen-bond donors (Lipinski definition) is 2. The molecule has 0 aliphatic heterocycles. The van der Waals surface area contributed by atoms with Gasteiger partial charge >= 0.3 is 0 Å². The van der Waals surface area contributed by atoms with Gasteiger partial charge in [-0.05, 0) is 66.5 Å². The van der Waals surface area contributed by atoms with E-state index in [1.165, 1.54) is 27.8 Å². The van der Waals surface area contributed by atoms with Crippen molar-refractivity contribution in [2.24, 2.45) is 5.73 Å². The van der Waals surface area contributed by atoms with Gasteiger partial charge in [-0.1, -0.05) is 62.7 Å². The molecule has 1 heterocycles. The summed E-state index contributed by atoms with van der Waals surface area (Å²) in [6, 6.07) is 13.1. The van der Waals surface area contributed by atoms with Gasteiger partial charge in [-0.15, -0.1) is 0 Å². The average molecular weight is 369 g/mol. The summed E-state index contributed by atoms with van der Waals surface area (Å²) in [7, 11) is 0. The lowest BCUT2D eigenvalue weighted by atomic mass is 9.86. The SMILES string of the molecule is Cc1c(Cl)ccc2c(CCCCN)c(-c3ccc(C(C)(C)C)cc3)[nH]c12. The van der Waals surface area contributed by atoms with Gasteiger partial charge in [-0.25, -0.2) is 0 Å². The third kappa shape index (κ3) is 3.67. The van der Waals surface area contributed by atoms with Gasteiger partial charge in [0.2, 0.25) is 0 Å². The van der Waals surface area contributed by atoms with Gasteiger partial charge in [0, 0.05) is 16.1 Å². The highest BCUT2D eigenvalue weighted by Gasteiger charge is 2.17. The van der Waals surface area contributed by atoms with Crippen molar-refractivity contribution in [3.05, 3.63) is 58.1 Å². The minimum atomic E-state index is 0.160. The summed E-state index contributed by atoms with van der Waals surface area (Å²) in [5.41, 5.74) is 13.3. The molecule has 3 aromatic rings. The highest BCUT2D eigenvalue weighted by atomic mass is 35.5. The smallest absolute Gasteiger partial charge is 0.0506 e. The zero-order valence-electron chi connectivity index (χ0n) is 16.2. The van der Waals surface area contributed by atoms with Crippen molar-refractivity contribution in [2.75, 3.05) is 6.54 Å². The molecule has 2 nitrogen and oxygen atoms in total. The molecule has 0 saturated heterocycles. The van der Waals surface area contributed by atoms with Crippen LogP contribution in [0.3, 0.4) is 0 Å². The van der Waals surface area contributed by atoms with Crippen LogP contribution in [-0.4, -0.2) is 11.5 Å². The van der Waals surface area contributed by atoms with Crippen molar-refractivity contribution in [2.45, 2.75) is 52.4 Å². The zero-order chi connectivity index (χ0) is 18.9. The van der Waals surface area contributed by atoms with Gasteiger partial charge in [0.05, 0.1) is 5.52 Å². The second-order valence-electron chi connectivity index (χ2n) is 8.15. The predicted octanol–water partition coefficient (Wildman–Crippen LogP) is 6.38. The predicted molar refractivity (Wildman–Crippen MR) is 114 cm³/mol. The number of benzene rings is 2. The van der Waals surface area contributed by atoms with Crippen LogP contribution in [0.2, 0.25) is 5.02 Å². The van der Waals surface area contributed by atoms with Crippen LogP contribution in [0.4, 0.5) is 0 Å². The standard InChI is InChI=1S/C23H29ClN2/c1-15-20(24)13-12-19-18(7-5-6-14-25)22(26-21(15)19)16-8-10-17(11-9-16)23(2,3)4/h8-13,26H,5-7,14,25H2,1-4H3. The van der Waals surface area contributed by atoms with E-state index in [1.807, 2.05) is 6.07 Å². The molecule has 0 atom stereocenters. The quantitative estimate of drug-likeness (QED) is 0.504. The van der Waals surface area contributed by atoms with E-state index in [9.17, 15) is 0 Å². The maximum absolute atomic E-state index is 6.36. The number of aryl methyl sites for hydroxylation is 2. The molecule has 3 heteroatoms. The van der Waals surface area contributed by atoms with Crippen LogP contribution in [0.5, 0.6) is 0 Å². The number of hydrogen-bond acceptors (Lipinski definition) is 1. The maximum Gasteiger partial charge on any atom is 0.0506 e. The topological polar surface area (TPSA) is 41.8 Å². The van der Waals surface area contributed by atoms with Crippen LogP contribution in [0.1, 0.15) is 50.3 Å². The van der Waals surface area contributed by atoms with Crippen LogP contribution in [0.25, 0.3) is 22.2 Å². The molecule has 138 valence electrons. The number of aromatic amines is 1. The molecule has 0 fully saturated rings. The number of unbranched alkanes of at least 4 members (excludes halogenated alkanes) is 1. The van der Waals surface area contributed by atoms with Gasteiger partial charge in [-0.2, -0.15) is 0 Å². The van der Waals surface area contributed by atoms with Crippen molar-refractivity contribution < 1.29 is 0 Å². The molecule has 0 unspecified atom stereocenters. The fourth-order valence-corrected chi connectivity index (χ4v) is 3.68. The molecule has 2 aromatic carbocycles. The van der Waals surface area contributed by atoms with Crippen molar-refractivity contribution in [1.82, 2.24) is 4.98 Å². The van der Waals surface area contributed by atoms with Crippen molar-refractivity contribution >= 4 is 22.5 Å². The molecule has 0 aliphatic carbocycles. The normalized spacial score (nSPS) is 12.1. The first-order valence-electron chi connectivity index (χ1n) is 9.43. The number of nitrogens with two attached hydrogens (primary N) is 1. The number of halogens is 1. The lowest BCUT2D eigenvalue weighted by molar-refractivity contribution is 0.590. The maximum atomic E-state index is 6.36. The van der Waals surface area contributed by atoms with Gasteiger partial charge in [0.15, 0.2) is 0 Å². The molecule has 0 saturated carbocycles. The Kier molecular flexibility index (Phi) is 5.45. The number of aromatic nitrogens is 1. The highest BCUT2D eigenvalue weighted by molar-refractivity contribution is 6.32. The molecule has 0 amide bonds. The molecule has 26 heavy (non-hydrogen) atoms. The largest absolute Gasteiger partial charge is 0.354 e. The summed E-state index contributed by atoms with van der Waals surface area (Å²) in [5, 5.41) is 2.08. The Morgan fingerprint density at radius 3 is 2.31 bits per heavy atom. The number of fused-ring (bicyclic) bond motifs is 1. The molecule has 3 N–H and O–H groups in total. The molecular formula is C23H29ClN2. The monoisotopic (exact) mass is 368 g/mol. The van der Waals surface area contributed by atoms with Crippen LogP contribution >= 0.6 is 11.6 Å². The van der Waals surface area contributed by atoms with Crippen molar-refractivity contribution in [3.63, 3.8) is 0 Å². The van der Waals surface area contributed by atoms with Crippen LogP contribution in [0, 0.1) is 6.92 Å². The average Bonchev–Trinajstić information content (AvgIpc) is 2.97. The Morgan fingerprint density at radius 2 is 1.69 bits per heavy atom. The Hall–Kier alpha value is -1.77. The summed E-state index contributed by atoms with van der Waals surface area (Å²) >= 11 is 6.36. The van der Waals surface area contributed by atoms with E-state index in [4.69, 9.17) is 17.3 Å². The molecule has 0 radical (unpaired) electrons. The lowest BCUT2D eigenvalue weighted by Gasteiger charge is -2.19. The third-order valence-electron chi connectivity index (χ3n) is 5.20. The third-order valence-corrected chi connectivity index (χ3v) is 5.61. The number of nitrogens with one attached hydrogen (secondary N) is 1. The minimum absolute atomic E-state index is 0.160. The van der Waals surface area contributed by atoms with Gasteiger partial charge < -0.3 is 10.7 Å². The Balaban J connectivity index is 2.11. The van der Waals surface area contributed by atoms with E-state index in [0.29, 0.717) is 0 Å². The minimum Gasteiger partial charge on any atom is -0.354 e. The fourth-order valence-electron chi connectivity index (χ4n) is 3.52. The van der Waals surface area contributed by atoms with E-state index in [-0.39, 0.29) is 5.41 Å². The molecule has 0 bridgehead atoms. The van der Waals surface area contributed by atoms with E-state index >= 15 is 0 Å². The summed E-state index contributed by atoms with van der Waals surface area (Å²) in [6.07, 6.45) is 3.16. The second kappa shape index (κ2) is 7.46. The van der Waals surface area contributed by atoms with E-state index in [1.54, 1.807) is 0 Å². The molecule has 3 rings (SSSR count). The molecule has 0 aliphatic rings. The van der Waals surface area contributed by atoms with Crippen molar-refractivity contribution in [3.8, 4) is 11.3 Å². The summed E-state index contributed by atoms with van der Waals surface area (Å²) < 4.78 is 0. The van der Waals surface area contributed by atoms with Crippen LogP contribution in [0.15, 0.2) is 36.4 Å². The first-order chi connectivity index (χ1) is 12.3. The first-order valence-corrected chi connectivity index (χ1v) is 9.81. The van der Waals surface area contributed by atoms with E-state index in [2.05, 4.69) is 63.0 Å². The highest BCUT2D eigenvalue weighted by Crippen LogP contribution is 2.36. The Bertz CT molecular complexity index is 899. The molecular weight excluding hydrogens is 340 g/mol. The number of H-pyrrole nitrogens is 1. The van der Waals surface area contributed by atoms with E-state index in [0.717, 1.165) is 41.9 Å². The summed E-state index contributed by atoms with van der Waals surface area (Å²) in [4.78, 5) is 3.66. The summed E-state index contributed by atoms with van der Waals surface area (Å²) in [6.45, 7) is 9.55. The van der Waals surface area contributed by atoms with Gasteiger partial charge in [0.1, 0.15) is 0 Å². The molecule has 1 aromatic heterocycles. The second-order valence-corrected chi connectivity index (χ2v) is 8.55. The Labute approximate surface area is 161 Å². The fraction of sp³-hybridized carbons (Fsp3) is 0.391. The lowest BCUT2D eigenvalue weighted by Crippen LogP contribution is -2.10. The van der Waals surface area contributed by atoms with E-state index < -0.39 is 0 Å². The van der Waals surface area contributed by atoms with Crippen molar-refractivity contribution in [1.29, 1.82) is 0 Å².